The molecular formula is C22H18BrIN2O3. The van der Waals surface area contributed by atoms with Gasteiger partial charge in [-0.3, -0.25) is 4.79 Å². The molecule has 1 amide bonds. The number of hydrogen-bond donors (Lipinski definition) is 1. The molecule has 3 aromatic rings. The Balaban J connectivity index is 1.70. The predicted octanol–water partition coefficient (Wildman–Crippen LogP) is 5.41. The lowest BCUT2D eigenvalue weighted by Gasteiger charge is -2.13. The summed E-state index contributed by atoms with van der Waals surface area (Å²) in [7, 11) is 1.59. The van der Waals surface area contributed by atoms with Gasteiger partial charge in [0.25, 0.3) is 5.91 Å². The van der Waals surface area contributed by atoms with Gasteiger partial charge in [0, 0.05) is 4.47 Å². The van der Waals surface area contributed by atoms with Crippen molar-refractivity contribution in [1.82, 2.24) is 5.43 Å². The standard InChI is InChI=1S/C22H18BrIN2O3/c1-28-20-12-16(13-25-26-22(27)17-9-5-6-10-18(17)23)11-19(24)21(20)29-14-15-7-3-2-4-8-15/h2-13H,14H2,1H3,(H,26,27)/b25-13-. The molecule has 1 N–H and O–H groups in total. The number of carbonyl (C=O) groups excluding carboxylic acids is 1. The van der Waals surface area contributed by atoms with Crippen LogP contribution in [0.4, 0.5) is 0 Å². The summed E-state index contributed by atoms with van der Waals surface area (Å²) in [4.78, 5) is 12.2. The fourth-order valence-electron chi connectivity index (χ4n) is 2.56. The molecule has 0 aliphatic carbocycles. The average Bonchev–Trinajstić information content (AvgIpc) is 2.73. The molecule has 5 nitrogen and oxygen atoms in total. The first-order valence-electron chi connectivity index (χ1n) is 8.70. The molecule has 0 saturated carbocycles. The first kappa shape index (κ1) is 21.3. The molecule has 29 heavy (non-hydrogen) atoms. The second kappa shape index (κ2) is 10.4. The quantitative estimate of drug-likeness (QED) is 0.237. The molecule has 0 bridgehead atoms. The Morgan fingerprint density at radius 2 is 1.86 bits per heavy atom. The fraction of sp³-hybridized carbons (Fsp3) is 0.0909. The van der Waals surface area contributed by atoms with E-state index in [1.165, 1.54) is 0 Å². The van der Waals surface area contributed by atoms with Gasteiger partial charge in [0.15, 0.2) is 11.5 Å². The molecule has 0 spiro atoms. The summed E-state index contributed by atoms with van der Waals surface area (Å²) in [6, 6.07) is 20.8. The van der Waals surface area contributed by atoms with Crippen LogP contribution in [0.3, 0.4) is 0 Å². The second-order valence-electron chi connectivity index (χ2n) is 5.99. The molecule has 148 valence electrons. The average molecular weight is 565 g/mol. The van der Waals surface area contributed by atoms with Gasteiger partial charge in [0.1, 0.15) is 6.61 Å². The number of benzene rings is 3. The summed E-state index contributed by atoms with van der Waals surface area (Å²) in [6.07, 6.45) is 1.57. The number of hydrazone groups is 1. The smallest absolute Gasteiger partial charge is 0.272 e. The molecule has 3 aromatic carbocycles. The van der Waals surface area contributed by atoms with E-state index in [-0.39, 0.29) is 5.91 Å². The van der Waals surface area contributed by atoms with Crippen molar-refractivity contribution in [2.75, 3.05) is 7.11 Å². The second-order valence-corrected chi connectivity index (χ2v) is 8.00. The highest BCUT2D eigenvalue weighted by Gasteiger charge is 2.12. The Morgan fingerprint density at radius 3 is 2.59 bits per heavy atom. The van der Waals surface area contributed by atoms with Crippen LogP contribution in [0.25, 0.3) is 0 Å². The van der Waals surface area contributed by atoms with Crippen molar-refractivity contribution in [3.05, 3.63) is 91.5 Å². The molecule has 0 fully saturated rings. The highest BCUT2D eigenvalue weighted by atomic mass is 127. The summed E-state index contributed by atoms with van der Waals surface area (Å²) in [5.74, 6) is 0.982. The van der Waals surface area contributed by atoms with Gasteiger partial charge < -0.3 is 9.47 Å². The van der Waals surface area contributed by atoms with Crippen LogP contribution in [0.1, 0.15) is 21.5 Å². The minimum Gasteiger partial charge on any atom is -0.493 e. The maximum atomic E-state index is 12.2. The van der Waals surface area contributed by atoms with E-state index < -0.39 is 0 Å². The van der Waals surface area contributed by atoms with E-state index in [0.29, 0.717) is 28.1 Å². The van der Waals surface area contributed by atoms with Crippen molar-refractivity contribution >= 4 is 50.6 Å². The van der Waals surface area contributed by atoms with Crippen LogP contribution >= 0.6 is 38.5 Å². The highest BCUT2D eigenvalue weighted by Crippen LogP contribution is 2.34. The van der Waals surface area contributed by atoms with Gasteiger partial charge >= 0.3 is 0 Å². The maximum Gasteiger partial charge on any atom is 0.272 e. The zero-order valence-corrected chi connectivity index (χ0v) is 19.3. The topological polar surface area (TPSA) is 59.9 Å². The molecular weight excluding hydrogens is 547 g/mol. The molecule has 0 aliphatic heterocycles. The van der Waals surface area contributed by atoms with Crippen molar-refractivity contribution in [3.63, 3.8) is 0 Å². The summed E-state index contributed by atoms with van der Waals surface area (Å²) in [5, 5.41) is 4.05. The Labute approximate surface area is 191 Å². The monoisotopic (exact) mass is 564 g/mol. The van der Waals surface area contributed by atoms with E-state index in [4.69, 9.17) is 9.47 Å². The van der Waals surface area contributed by atoms with Gasteiger partial charge in [0.05, 0.1) is 22.5 Å². The zero-order valence-electron chi connectivity index (χ0n) is 15.6. The summed E-state index contributed by atoms with van der Waals surface area (Å²) >= 11 is 5.55. The van der Waals surface area contributed by atoms with Gasteiger partial charge in [-0.15, -0.1) is 0 Å². The van der Waals surface area contributed by atoms with Gasteiger partial charge in [-0.25, -0.2) is 5.43 Å². The zero-order chi connectivity index (χ0) is 20.6. The fourth-order valence-corrected chi connectivity index (χ4v) is 3.80. The lowest BCUT2D eigenvalue weighted by Crippen LogP contribution is -2.18. The normalized spacial score (nSPS) is 10.7. The number of nitrogens with zero attached hydrogens (tertiary/aromatic N) is 1. The van der Waals surface area contributed by atoms with Crippen LogP contribution in [0.5, 0.6) is 11.5 Å². The number of halogens is 2. The summed E-state index contributed by atoms with van der Waals surface area (Å²) < 4.78 is 13.0. The van der Waals surface area contributed by atoms with E-state index >= 15 is 0 Å². The van der Waals surface area contributed by atoms with Gasteiger partial charge in [-0.05, 0) is 73.9 Å². The predicted molar refractivity (Wildman–Crippen MR) is 126 cm³/mol. The number of carbonyl (C=O) groups is 1. The first-order chi connectivity index (χ1) is 14.1. The van der Waals surface area contributed by atoms with Crippen LogP contribution in [0.15, 0.2) is 76.3 Å². The van der Waals surface area contributed by atoms with E-state index in [9.17, 15) is 4.79 Å². The minimum absolute atomic E-state index is 0.293. The molecule has 0 radical (unpaired) electrons. The van der Waals surface area contributed by atoms with Gasteiger partial charge in [0.2, 0.25) is 0 Å². The Kier molecular flexibility index (Phi) is 7.65. The third-order valence-electron chi connectivity index (χ3n) is 3.98. The van der Waals surface area contributed by atoms with Crippen molar-refractivity contribution in [2.24, 2.45) is 5.10 Å². The number of nitrogens with one attached hydrogen (secondary N) is 1. The number of amides is 1. The molecule has 0 atom stereocenters. The van der Waals surface area contributed by atoms with Crippen molar-refractivity contribution in [3.8, 4) is 11.5 Å². The number of ether oxygens (including phenoxy) is 2. The SMILES string of the molecule is COc1cc(/C=N\NC(=O)c2ccccc2Br)cc(I)c1OCc1ccccc1. The highest BCUT2D eigenvalue weighted by molar-refractivity contribution is 14.1. The van der Waals surface area contributed by atoms with E-state index in [1.807, 2.05) is 48.5 Å². The Hall–Kier alpha value is -2.39. The molecule has 0 aromatic heterocycles. The molecule has 3 rings (SSSR count). The molecule has 7 heteroatoms. The minimum atomic E-state index is -0.293. The number of methoxy groups -OCH3 is 1. The molecule has 0 aliphatic rings. The number of hydrogen-bond acceptors (Lipinski definition) is 4. The third-order valence-corrected chi connectivity index (χ3v) is 5.47. The van der Waals surface area contributed by atoms with Gasteiger partial charge in [-0.1, -0.05) is 42.5 Å². The van der Waals surface area contributed by atoms with Crippen molar-refractivity contribution < 1.29 is 14.3 Å². The summed E-state index contributed by atoms with van der Waals surface area (Å²) in [6.45, 7) is 0.447. The van der Waals surface area contributed by atoms with Crippen molar-refractivity contribution in [2.45, 2.75) is 6.61 Å². The number of rotatable bonds is 7. The first-order valence-corrected chi connectivity index (χ1v) is 10.6. The third kappa shape index (κ3) is 5.80. The molecule has 0 heterocycles. The Bertz CT molecular complexity index is 1030. The van der Waals surface area contributed by atoms with Crippen LogP contribution in [-0.4, -0.2) is 19.2 Å². The molecule has 0 saturated heterocycles. The van der Waals surface area contributed by atoms with Crippen LogP contribution in [0.2, 0.25) is 0 Å². The summed E-state index contributed by atoms with van der Waals surface area (Å²) in [5.41, 5.74) is 4.91. The van der Waals surface area contributed by atoms with E-state index in [1.54, 1.807) is 31.5 Å². The van der Waals surface area contributed by atoms with Crippen molar-refractivity contribution in [1.29, 1.82) is 0 Å². The van der Waals surface area contributed by atoms with E-state index in [2.05, 4.69) is 49.0 Å². The Morgan fingerprint density at radius 1 is 1.14 bits per heavy atom. The molecule has 0 unspecified atom stereocenters. The van der Waals surface area contributed by atoms with Crippen LogP contribution < -0.4 is 14.9 Å². The lowest BCUT2D eigenvalue weighted by atomic mass is 10.2. The largest absolute Gasteiger partial charge is 0.493 e. The lowest BCUT2D eigenvalue weighted by molar-refractivity contribution is 0.0954. The van der Waals surface area contributed by atoms with E-state index in [0.717, 1.165) is 14.7 Å². The van der Waals surface area contributed by atoms with Crippen LogP contribution in [0, 0.1) is 3.57 Å². The van der Waals surface area contributed by atoms with Crippen LogP contribution in [-0.2, 0) is 6.61 Å². The van der Waals surface area contributed by atoms with Gasteiger partial charge in [-0.2, -0.15) is 5.10 Å². The maximum absolute atomic E-state index is 12.2.